The van der Waals surface area contributed by atoms with E-state index in [1.54, 1.807) is 6.92 Å². The van der Waals surface area contributed by atoms with E-state index in [4.69, 9.17) is 11.6 Å². The van der Waals surface area contributed by atoms with E-state index in [2.05, 4.69) is 26.1 Å². The molecule has 0 spiro atoms. The summed E-state index contributed by atoms with van der Waals surface area (Å²) in [4.78, 5) is 11.4. The molecule has 1 atom stereocenters. The molecule has 0 aliphatic heterocycles. The van der Waals surface area contributed by atoms with Crippen molar-refractivity contribution < 1.29 is 4.79 Å². The molecule has 1 amide bonds. The molecular formula is C11H22ClNO. The van der Waals surface area contributed by atoms with Crippen molar-refractivity contribution in [1.29, 1.82) is 0 Å². The lowest BCUT2D eigenvalue weighted by Gasteiger charge is -2.33. The van der Waals surface area contributed by atoms with E-state index in [0.717, 1.165) is 6.42 Å². The summed E-state index contributed by atoms with van der Waals surface area (Å²) in [6.07, 6.45) is 0.926. The summed E-state index contributed by atoms with van der Waals surface area (Å²) in [5.74, 6) is -0.0964. The van der Waals surface area contributed by atoms with Crippen LogP contribution in [0.5, 0.6) is 0 Å². The van der Waals surface area contributed by atoms with Gasteiger partial charge in [-0.3, -0.25) is 4.79 Å². The van der Waals surface area contributed by atoms with Gasteiger partial charge in [-0.25, -0.2) is 0 Å². The Labute approximate surface area is 92.4 Å². The van der Waals surface area contributed by atoms with Crippen molar-refractivity contribution in [3.8, 4) is 0 Å². The average Bonchev–Trinajstić information content (AvgIpc) is 1.78. The summed E-state index contributed by atoms with van der Waals surface area (Å²) < 4.78 is 0. The normalized spacial score (nSPS) is 15.1. The number of hydrogen-bond donors (Lipinski definition) is 1. The molecule has 1 N–H and O–H groups in total. The Morgan fingerprint density at radius 3 is 2.00 bits per heavy atom. The zero-order chi connectivity index (χ0) is 11.6. The predicted octanol–water partition coefficient (Wildman–Crippen LogP) is 2.94. The number of amides is 1. The number of carbonyl (C=O) groups excluding carboxylic acids is 1. The summed E-state index contributed by atoms with van der Waals surface area (Å²) in [6.45, 7) is 12.2. The fourth-order valence-corrected chi connectivity index (χ4v) is 1.86. The number of alkyl halides is 1. The summed E-state index contributed by atoms with van der Waals surface area (Å²) >= 11 is 5.69. The van der Waals surface area contributed by atoms with Crippen LogP contribution >= 0.6 is 11.6 Å². The van der Waals surface area contributed by atoms with Crippen molar-refractivity contribution in [3.63, 3.8) is 0 Å². The van der Waals surface area contributed by atoms with Crippen LogP contribution < -0.4 is 5.32 Å². The van der Waals surface area contributed by atoms with Crippen LogP contribution in [0.3, 0.4) is 0 Å². The molecule has 14 heavy (non-hydrogen) atoms. The molecule has 0 aromatic rings. The van der Waals surface area contributed by atoms with Gasteiger partial charge in [0.2, 0.25) is 5.91 Å². The van der Waals surface area contributed by atoms with E-state index >= 15 is 0 Å². The molecule has 0 saturated heterocycles. The van der Waals surface area contributed by atoms with Gasteiger partial charge < -0.3 is 5.32 Å². The van der Waals surface area contributed by atoms with Gasteiger partial charge in [-0.1, -0.05) is 20.8 Å². The number of hydrogen-bond acceptors (Lipinski definition) is 1. The number of halogens is 1. The van der Waals surface area contributed by atoms with Crippen LogP contribution in [0.25, 0.3) is 0 Å². The first-order valence-corrected chi connectivity index (χ1v) is 5.43. The van der Waals surface area contributed by atoms with Crippen molar-refractivity contribution in [2.45, 2.75) is 58.9 Å². The van der Waals surface area contributed by atoms with Gasteiger partial charge in [-0.05, 0) is 32.6 Å². The highest BCUT2D eigenvalue weighted by molar-refractivity contribution is 6.30. The Morgan fingerprint density at radius 2 is 1.71 bits per heavy atom. The number of carbonyl (C=O) groups is 1. The topological polar surface area (TPSA) is 29.1 Å². The fraction of sp³-hybridized carbons (Fsp3) is 0.909. The zero-order valence-electron chi connectivity index (χ0n) is 10.1. The molecule has 0 bridgehead atoms. The van der Waals surface area contributed by atoms with Crippen LogP contribution in [0.15, 0.2) is 0 Å². The molecule has 1 unspecified atom stereocenters. The third-order valence-corrected chi connectivity index (χ3v) is 1.99. The van der Waals surface area contributed by atoms with Crippen molar-refractivity contribution >= 4 is 17.5 Å². The maximum Gasteiger partial charge on any atom is 0.238 e. The molecule has 0 fully saturated rings. The Kier molecular flexibility index (Phi) is 4.44. The molecule has 84 valence electrons. The molecule has 0 radical (unpaired) electrons. The maximum absolute atomic E-state index is 11.4. The predicted molar refractivity (Wildman–Crippen MR) is 61.6 cm³/mol. The van der Waals surface area contributed by atoms with Crippen molar-refractivity contribution in [2.75, 3.05) is 0 Å². The molecular weight excluding hydrogens is 198 g/mol. The summed E-state index contributed by atoms with van der Waals surface area (Å²) in [5.41, 5.74) is 0.00478. The second-order valence-corrected chi connectivity index (χ2v) is 6.38. The van der Waals surface area contributed by atoms with Crippen LogP contribution in [0, 0.1) is 5.41 Å². The van der Waals surface area contributed by atoms with Gasteiger partial charge in [-0.15, -0.1) is 11.6 Å². The first-order chi connectivity index (χ1) is 6.03. The van der Waals surface area contributed by atoms with Gasteiger partial charge in [0, 0.05) is 5.54 Å². The molecule has 0 heterocycles. The molecule has 2 nitrogen and oxygen atoms in total. The van der Waals surface area contributed by atoms with Gasteiger partial charge in [0.25, 0.3) is 0 Å². The molecule has 3 heteroatoms. The van der Waals surface area contributed by atoms with Gasteiger partial charge in [-0.2, -0.15) is 0 Å². The minimum Gasteiger partial charge on any atom is -0.350 e. The first-order valence-electron chi connectivity index (χ1n) is 5.00. The first kappa shape index (κ1) is 13.8. The quantitative estimate of drug-likeness (QED) is 0.727. The Morgan fingerprint density at radius 1 is 1.29 bits per heavy atom. The Balaban J connectivity index is 4.28. The van der Waals surface area contributed by atoms with Crippen LogP contribution in [0.1, 0.15) is 48.0 Å². The molecule has 0 aliphatic rings. The minimum absolute atomic E-state index is 0.0964. The van der Waals surface area contributed by atoms with E-state index in [1.165, 1.54) is 0 Å². The van der Waals surface area contributed by atoms with E-state index in [-0.39, 0.29) is 16.9 Å². The van der Waals surface area contributed by atoms with Crippen LogP contribution in [-0.4, -0.2) is 16.8 Å². The average molecular weight is 220 g/mol. The fourth-order valence-electron chi connectivity index (χ4n) is 1.80. The molecule has 0 saturated carbocycles. The highest BCUT2D eigenvalue weighted by atomic mass is 35.5. The molecule has 0 aromatic heterocycles. The monoisotopic (exact) mass is 219 g/mol. The lowest BCUT2D eigenvalue weighted by Crippen LogP contribution is -2.48. The number of rotatable bonds is 3. The molecule has 0 rings (SSSR count). The Bertz CT molecular complexity index is 204. The van der Waals surface area contributed by atoms with Gasteiger partial charge in [0.15, 0.2) is 0 Å². The SMILES string of the molecule is CC(Cl)C(=O)NC(C)(C)CC(C)(C)C. The van der Waals surface area contributed by atoms with Crippen molar-refractivity contribution in [3.05, 3.63) is 0 Å². The highest BCUT2D eigenvalue weighted by Crippen LogP contribution is 2.26. The lowest BCUT2D eigenvalue weighted by atomic mass is 9.82. The van der Waals surface area contributed by atoms with Crippen molar-refractivity contribution in [2.24, 2.45) is 5.41 Å². The van der Waals surface area contributed by atoms with Gasteiger partial charge >= 0.3 is 0 Å². The standard InChI is InChI=1S/C11H22ClNO/c1-8(12)9(14)13-11(5,6)7-10(2,3)4/h8H,7H2,1-6H3,(H,13,14). The summed E-state index contributed by atoms with van der Waals surface area (Å²) in [6, 6.07) is 0. The van der Waals surface area contributed by atoms with Gasteiger partial charge in [0.05, 0.1) is 0 Å². The maximum atomic E-state index is 11.4. The van der Waals surface area contributed by atoms with E-state index in [9.17, 15) is 4.79 Å². The van der Waals surface area contributed by atoms with Crippen molar-refractivity contribution in [1.82, 2.24) is 5.32 Å². The lowest BCUT2D eigenvalue weighted by molar-refractivity contribution is -0.122. The van der Waals surface area contributed by atoms with Crippen LogP contribution in [0.4, 0.5) is 0 Å². The highest BCUT2D eigenvalue weighted by Gasteiger charge is 2.27. The molecule has 0 aliphatic carbocycles. The van der Waals surface area contributed by atoms with E-state index < -0.39 is 5.38 Å². The van der Waals surface area contributed by atoms with E-state index in [0.29, 0.717) is 0 Å². The largest absolute Gasteiger partial charge is 0.350 e. The molecule has 0 aromatic carbocycles. The number of nitrogens with one attached hydrogen (secondary N) is 1. The van der Waals surface area contributed by atoms with Crippen LogP contribution in [0.2, 0.25) is 0 Å². The smallest absolute Gasteiger partial charge is 0.238 e. The minimum atomic E-state index is -0.464. The zero-order valence-corrected chi connectivity index (χ0v) is 10.8. The van der Waals surface area contributed by atoms with Crippen LogP contribution in [-0.2, 0) is 4.79 Å². The summed E-state index contributed by atoms with van der Waals surface area (Å²) in [7, 11) is 0. The van der Waals surface area contributed by atoms with E-state index in [1.807, 2.05) is 13.8 Å². The summed E-state index contributed by atoms with van der Waals surface area (Å²) in [5, 5.41) is 2.48. The third kappa shape index (κ3) is 6.25. The third-order valence-electron chi connectivity index (χ3n) is 1.80. The second kappa shape index (κ2) is 4.52. The Hall–Kier alpha value is -0.240. The second-order valence-electron chi connectivity index (χ2n) is 5.73. The van der Waals surface area contributed by atoms with Gasteiger partial charge in [0.1, 0.15) is 5.38 Å².